The van der Waals surface area contributed by atoms with Crippen molar-refractivity contribution < 1.29 is 0 Å². The Morgan fingerprint density at radius 3 is 0.338 bits per heavy atom. The monoisotopic (exact) mass is 1650 g/mol. The smallest absolute Gasteiger partial charge is 0.0355 e. The summed E-state index contributed by atoms with van der Waals surface area (Å²) < 4.78 is 0. The molecule has 0 saturated heterocycles. The van der Waals surface area contributed by atoms with Crippen LogP contribution in [0.25, 0.3) is 12.2 Å². The molecule has 0 spiro atoms. The van der Waals surface area contributed by atoms with Gasteiger partial charge in [0.1, 0.15) is 0 Å². The van der Waals surface area contributed by atoms with Crippen LogP contribution in [0, 0.1) is 0 Å². The molecule has 614 valence electrons. The zero-order valence-corrected chi connectivity index (χ0v) is 73.9. The summed E-state index contributed by atoms with van der Waals surface area (Å²) in [5.74, 6) is 3.66. The van der Waals surface area contributed by atoms with Gasteiger partial charge < -0.3 is 0 Å². The highest BCUT2D eigenvalue weighted by Crippen LogP contribution is 2.74. The second-order valence-corrected chi connectivity index (χ2v) is 39.8. The van der Waals surface area contributed by atoms with Gasteiger partial charge in [-0.1, -0.05) is 378 Å². The summed E-state index contributed by atoms with van der Waals surface area (Å²) in [6.45, 7) is 14.2. The molecule has 39 rings (SSSR count). The molecular weight excluding hydrogens is 1560 g/mol. The SMILES string of the molecule is C/C=c1/c2c(c3c(/c1=C/C)C1c4ccccc4C3c3ccccc31)C1c3ccccc3C2c2ccccc21.CC1c2c(c3c(c4c2C2c5ccccc5C4c4ccccc42)C2c4ccccc4C3c3ccccc32)C(C)c2c1c1c(c3c2C2c4ccccc4C3c3ccccc32)C2c3ccccc3C1c1ccccc12.CC=C1/C(=C\C)C2c3ccccc3C1c1ccccc12. The maximum absolute atomic E-state index is 2.69. The van der Waals surface area contributed by atoms with E-state index < -0.39 is 0 Å². The van der Waals surface area contributed by atoms with E-state index in [1.54, 1.807) is 89.0 Å². The Morgan fingerprint density at radius 2 is 0.223 bits per heavy atom. The van der Waals surface area contributed by atoms with Gasteiger partial charge in [0.15, 0.2) is 0 Å². The minimum atomic E-state index is 0.165. The molecule has 0 saturated carbocycles. The fraction of sp³-hybridized carbons (Fsp3) is 0.169. The Kier molecular flexibility index (Phi) is 14.8. The molecule has 0 N–H and O–H groups in total. The highest BCUT2D eigenvalue weighted by Gasteiger charge is 2.59. The highest BCUT2D eigenvalue weighted by molar-refractivity contribution is 5.88. The van der Waals surface area contributed by atoms with Gasteiger partial charge in [0.2, 0.25) is 0 Å². The minimum absolute atomic E-state index is 0.165. The summed E-state index contributed by atoms with van der Waals surface area (Å²) in [6, 6.07) is 132. The molecule has 0 aromatic heterocycles. The number of rotatable bonds is 0. The van der Waals surface area contributed by atoms with Crippen LogP contribution in [-0.2, 0) is 0 Å². The maximum atomic E-state index is 2.69. The van der Waals surface area contributed by atoms with Gasteiger partial charge in [-0.05, 0) is 294 Å². The third-order valence-corrected chi connectivity index (χ3v) is 35.2. The van der Waals surface area contributed by atoms with E-state index in [-0.39, 0.29) is 82.9 Å². The maximum Gasteiger partial charge on any atom is 0.0355 e. The van der Waals surface area contributed by atoms with Crippen molar-refractivity contribution in [2.45, 2.75) is 136 Å². The summed E-state index contributed by atoms with van der Waals surface area (Å²) >= 11 is 0. The van der Waals surface area contributed by atoms with Crippen molar-refractivity contribution in [3.63, 3.8) is 0 Å². The second kappa shape index (κ2) is 26.4. The lowest BCUT2D eigenvalue weighted by atomic mass is 9.47. The Morgan fingerprint density at radius 1 is 0.123 bits per heavy atom. The first-order valence-electron chi connectivity index (χ1n) is 48.2. The average molecular weight is 1660 g/mol. The summed E-state index contributed by atoms with van der Waals surface area (Å²) in [5, 5.41) is 2.89. The zero-order chi connectivity index (χ0) is 85.4. The molecule has 14 bridgehead atoms. The second-order valence-electron chi connectivity index (χ2n) is 39.8. The third kappa shape index (κ3) is 8.74. The molecule has 22 aliphatic rings. The van der Waals surface area contributed by atoms with Crippen molar-refractivity contribution in [1.82, 2.24) is 0 Å². The molecule has 0 amide bonds. The standard InChI is InChI=1S/C72H48.C38H28.C20H18/c1-35-53-55(67-59-41-23-7-15-31-49(41)63(50-32-16-8-24-42(50)59)71(67)69-61-45-27-11-3-19-37(45)57(65(53)69)38-20-4-12-28-46(38)61)36(2)56-54(35)66-58-39-21-5-13-29-47(39)62(48-30-14-6-22-40(48)58)70(66)72-64-51-33-17-9-25-43(51)60(68(56)72)44-26-10-18-34-52(44)64;1-3-21-22(4-2)36-32-25-15-7-11-19-29(25)34(30-20-12-8-16-26(30)32)38(36)37-33-27-17-9-5-13-23(27)31(35(21)37)24-14-6-10-18-28(24)33;1-3-13-14(4-2)20-17-11-7-5-9-15(17)19(13)16-10-6-8-12-18(16)20/h3-36,57-64H,1-2H3;3-20,31-34H,1-2H3;3-12,19-20H,1-2H3/b;21-3+,22-4+;13-3+,14-4?. The molecule has 17 aromatic carbocycles. The lowest BCUT2D eigenvalue weighted by molar-refractivity contribution is 0.619. The van der Waals surface area contributed by atoms with Crippen molar-refractivity contribution in [1.29, 1.82) is 0 Å². The largest absolute Gasteiger partial charge is 0.0832 e. The lowest BCUT2D eigenvalue weighted by Crippen LogP contribution is -2.46. The highest BCUT2D eigenvalue weighted by atomic mass is 14.6. The van der Waals surface area contributed by atoms with Gasteiger partial charge in [0.05, 0.1) is 0 Å². The first-order chi connectivity index (χ1) is 64.4. The van der Waals surface area contributed by atoms with Crippen molar-refractivity contribution in [3.05, 3.63) is 618 Å². The van der Waals surface area contributed by atoms with Gasteiger partial charge in [-0.25, -0.2) is 0 Å². The number of benzene rings is 17. The van der Waals surface area contributed by atoms with Gasteiger partial charge in [0.25, 0.3) is 0 Å². The van der Waals surface area contributed by atoms with Gasteiger partial charge in [0, 0.05) is 94.7 Å². The molecule has 0 atom stereocenters. The van der Waals surface area contributed by atoms with Crippen LogP contribution in [0.1, 0.15) is 381 Å². The summed E-state index contributed by atoms with van der Waals surface area (Å²) in [7, 11) is 0. The summed E-state index contributed by atoms with van der Waals surface area (Å²) in [4.78, 5) is 0. The number of hydrogen-bond acceptors (Lipinski definition) is 0. The molecule has 17 aromatic rings. The van der Waals surface area contributed by atoms with E-state index in [4.69, 9.17) is 0 Å². The molecule has 0 aliphatic heterocycles. The zero-order valence-electron chi connectivity index (χ0n) is 73.9. The summed E-state index contributed by atoms with van der Waals surface area (Å²) in [5.41, 5.74) is 71.3. The molecule has 22 aliphatic carbocycles. The van der Waals surface area contributed by atoms with Crippen molar-refractivity contribution in [2.24, 2.45) is 0 Å². The van der Waals surface area contributed by atoms with E-state index in [2.05, 4.69) is 406 Å². The van der Waals surface area contributed by atoms with Gasteiger partial charge in [-0.3, -0.25) is 0 Å². The van der Waals surface area contributed by atoms with Gasteiger partial charge in [-0.15, -0.1) is 0 Å². The van der Waals surface area contributed by atoms with Crippen LogP contribution in [-0.4, -0.2) is 0 Å². The van der Waals surface area contributed by atoms with E-state index in [0.717, 1.165) is 0 Å². The molecule has 0 radical (unpaired) electrons. The van der Waals surface area contributed by atoms with Gasteiger partial charge >= 0.3 is 0 Å². The van der Waals surface area contributed by atoms with E-state index in [9.17, 15) is 0 Å². The lowest BCUT2D eigenvalue weighted by Gasteiger charge is -2.55. The van der Waals surface area contributed by atoms with Crippen LogP contribution in [0.4, 0.5) is 0 Å². The number of allylic oxidation sites excluding steroid dienone is 4. The topological polar surface area (TPSA) is 0 Å². The fourth-order valence-electron chi connectivity index (χ4n) is 31.4. The van der Waals surface area contributed by atoms with Crippen LogP contribution in [0.5, 0.6) is 0 Å². The van der Waals surface area contributed by atoms with Crippen LogP contribution in [0.2, 0.25) is 0 Å². The molecule has 0 heterocycles. The minimum Gasteiger partial charge on any atom is -0.0832 e. The number of hydrogen-bond donors (Lipinski definition) is 0. The van der Waals surface area contributed by atoms with Crippen LogP contribution < -0.4 is 10.4 Å². The van der Waals surface area contributed by atoms with E-state index in [1.165, 1.54) is 177 Å². The van der Waals surface area contributed by atoms with Crippen LogP contribution in [0.3, 0.4) is 0 Å². The first kappa shape index (κ1) is 72.9. The quantitative estimate of drug-likeness (QED) is 0.142. The predicted octanol–water partition coefficient (Wildman–Crippen LogP) is 28.7. The van der Waals surface area contributed by atoms with Gasteiger partial charge in [-0.2, -0.15) is 0 Å². The van der Waals surface area contributed by atoms with E-state index in [1.807, 2.05) is 0 Å². The van der Waals surface area contributed by atoms with Crippen LogP contribution in [0.15, 0.2) is 363 Å². The Hall–Kier alpha value is -14.0. The van der Waals surface area contributed by atoms with Crippen molar-refractivity contribution >= 4 is 12.2 Å². The first-order valence-corrected chi connectivity index (χ1v) is 48.2. The third-order valence-electron chi connectivity index (χ3n) is 35.2. The molecule has 130 heavy (non-hydrogen) atoms. The summed E-state index contributed by atoms with van der Waals surface area (Å²) in [6.07, 6.45) is 9.42. The average Bonchev–Trinajstić information content (AvgIpc) is 0.650. The van der Waals surface area contributed by atoms with Crippen molar-refractivity contribution in [3.8, 4) is 0 Å². The Labute approximate surface area is 761 Å². The molecule has 0 unspecified atom stereocenters. The Bertz CT molecular complexity index is 7180. The van der Waals surface area contributed by atoms with Crippen molar-refractivity contribution in [2.75, 3.05) is 0 Å². The predicted molar refractivity (Wildman–Crippen MR) is 527 cm³/mol. The number of fused-ring (bicyclic) bond motifs is 3. The van der Waals surface area contributed by atoms with Crippen LogP contribution >= 0.6 is 0 Å². The molecule has 0 heteroatoms. The molecular formula is C130H94. The Balaban J connectivity index is 0.000000116. The normalized spacial score (nSPS) is 25.1. The molecule has 0 fully saturated rings. The fourth-order valence-corrected chi connectivity index (χ4v) is 31.4. The van der Waals surface area contributed by atoms with E-state index in [0.29, 0.717) is 11.8 Å². The van der Waals surface area contributed by atoms with E-state index >= 15 is 0 Å². The molecule has 0 nitrogen and oxygen atoms in total.